The monoisotopic (exact) mass is 338 g/mol. The molecular formula is C20H22N2O3. The predicted molar refractivity (Wildman–Crippen MR) is 96.3 cm³/mol. The number of ether oxygens (including phenoxy) is 1. The van der Waals surface area contributed by atoms with Crippen LogP contribution >= 0.6 is 0 Å². The summed E-state index contributed by atoms with van der Waals surface area (Å²) < 4.78 is 5.10. The first-order chi connectivity index (χ1) is 12.0. The Kier molecular flexibility index (Phi) is 4.74. The van der Waals surface area contributed by atoms with E-state index >= 15 is 0 Å². The highest BCUT2D eigenvalue weighted by Gasteiger charge is 2.56. The van der Waals surface area contributed by atoms with Gasteiger partial charge in [0.1, 0.15) is 11.2 Å². The maximum atomic E-state index is 12.5. The van der Waals surface area contributed by atoms with Crippen LogP contribution < -0.4 is 15.4 Å². The fraction of sp³-hybridized carbons (Fsp3) is 0.300. The normalized spacial score (nSPS) is 14.5. The van der Waals surface area contributed by atoms with Crippen molar-refractivity contribution in [2.24, 2.45) is 5.41 Å². The molecule has 0 aliphatic heterocycles. The zero-order valence-corrected chi connectivity index (χ0v) is 14.5. The fourth-order valence-corrected chi connectivity index (χ4v) is 2.66. The molecular weight excluding hydrogens is 316 g/mol. The Morgan fingerprint density at radius 1 is 1.00 bits per heavy atom. The van der Waals surface area contributed by atoms with Crippen molar-refractivity contribution in [3.63, 3.8) is 0 Å². The molecule has 2 N–H and O–H groups in total. The molecule has 1 saturated carbocycles. The molecule has 3 rings (SSSR count). The highest BCUT2D eigenvalue weighted by molar-refractivity contribution is 6.13. The average Bonchev–Trinajstić information content (AvgIpc) is 3.44. The lowest BCUT2D eigenvalue weighted by Gasteiger charge is -2.16. The molecule has 2 aromatic rings. The number of hydrogen-bond acceptors (Lipinski definition) is 3. The van der Waals surface area contributed by atoms with Crippen molar-refractivity contribution in [3.8, 4) is 5.75 Å². The van der Waals surface area contributed by atoms with Crippen LogP contribution in [0.1, 0.15) is 24.0 Å². The predicted octanol–water partition coefficient (Wildman–Crippen LogP) is 3.04. The maximum absolute atomic E-state index is 12.5. The summed E-state index contributed by atoms with van der Waals surface area (Å²) >= 11 is 0. The van der Waals surface area contributed by atoms with E-state index < -0.39 is 5.41 Å². The summed E-state index contributed by atoms with van der Waals surface area (Å²) in [6.07, 6.45) is 1.16. The zero-order valence-electron chi connectivity index (χ0n) is 14.5. The molecule has 1 aliphatic carbocycles. The minimum atomic E-state index is -0.940. The van der Waals surface area contributed by atoms with Crippen LogP contribution in [0.5, 0.6) is 5.75 Å². The molecule has 0 aromatic heterocycles. The highest BCUT2D eigenvalue weighted by Crippen LogP contribution is 2.47. The summed E-state index contributed by atoms with van der Waals surface area (Å²) in [4.78, 5) is 25.1. The molecule has 0 heterocycles. The van der Waals surface area contributed by atoms with Gasteiger partial charge in [-0.2, -0.15) is 0 Å². The van der Waals surface area contributed by atoms with Gasteiger partial charge in [-0.1, -0.05) is 29.8 Å². The van der Waals surface area contributed by atoms with Gasteiger partial charge < -0.3 is 15.4 Å². The molecule has 0 spiro atoms. The van der Waals surface area contributed by atoms with E-state index in [0.717, 1.165) is 11.3 Å². The Hall–Kier alpha value is -2.82. The number of rotatable bonds is 6. The van der Waals surface area contributed by atoms with Gasteiger partial charge >= 0.3 is 0 Å². The molecule has 130 valence electrons. The van der Waals surface area contributed by atoms with Crippen molar-refractivity contribution in [2.75, 3.05) is 12.4 Å². The summed E-state index contributed by atoms with van der Waals surface area (Å²) in [6, 6.07) is 15.0. The first kappa shape index (κ1) is 17.0. The van der Waals surface area contributed by atoms with Crippen LogP contribution in [0.25, 0.3) is 0 Å². The van der Waals surface area contributed by atoms with Crippen LogP contribution in [-0.2, 0) is 16.1 Å². The molecule has 5 nitrogen and oxygen atoms in total. The van der Waals surface area contributed by atoms with Crippen LogP contribution in [0, 0.1) is 12.3 Å². The molecule has 1 fully saturated rings. The number of methoxy groups -OCH3 is 1. The summed E-state index contributed by atoms with van der Waals surface area (Å²) in [5.41, 5.74) is 1.91. The number of carbonyl (C=O) groups is 2. The fourth-order valence-electron chi connectivity index (χ4n) is 2.66. The van der Waals surface area contributed by atoms with Crippen molar-refractivity contribution in [1.29, 1.82) is 0 Å². The van der Waals surface area contributed by atoms with E-state index in [2.05, 4.69) is 10.6 Å². The van der Waals surface area contributed by atoms with E-state index in [0.29, 0.717) is 25.1 Å². The number of hydrogen-bond donors (Lipinski definition) is 2. The highest BCUT2D eigenvalue weighted by atomic mass is 16.5. The lowest BCUT2D eigenvalue weighted by Crippen LogP contribution is -2.39. The molecule has 0 radical (unpaired) electrons. The minimum Gasteiger partial charge on any atom is -0.497 e. The first-order valence-corrected chi connectivity index (χ1v) is 8.33. The van der Waals surface area contributed by atoms with Gasteiger partial charge in [-0.15, -0.1) is 0 Å². The van der Waals surface area contributed by atoms with Crippen LogP contribution in [0.4, 0.5) is 5.69 Å². The number of anilines is 1. The molecule has 0 bridgehead atoms. The SMILES string of the molecule is COc1ccc(NC(=O)C2(C(=O)NCc3ccc(C)cc3)CC2)cc1. The van der Waals surface area contributed by atoms with E-state index in [1.165, 1.54) is 5.56 Å². The Morgan fingerprint density at radius 2 is 1.64 bits per heavy atom. The smallest absolute Gasteiger partial charge is 0.240 e. The van der Waals surface area contributed by atoms with Crippen molar-refractivity contribution < 1.29 is 14.3 Å². The van der Waals surface area contributed by atoms with Gasteiger partial charge in [-0.25, -0.2) is 0 Å². The first-order valence-electron chi connectivity index (χ1n) is 8.33. The standard InChI is InChI=1S/C20H22N2O3/c1-14-3-5-15(6-4-14)13-21-18(23)20(11-12-20)19(24)22-16-7-9-17(25-2)10-8-16/h3-10H,11-13H2,1-2H3,(H,21,23)(H,22,24). The van der Waals surface area contributed by atoms with Crippen LogP contribution in [0.15, 0.2) is 48.5 Å². The van der Waals surface area contributed by atoms with Gasteiger partial charge in [0.05, 0.1) is 7.11 Å². The number of amides is 2. The molecule has 2 aromatic carbocycles. The minimum absolute atomic E-state index is 0.209. The number of nitrogens with one attached hydrogen (secondary N) is 2. The summed E-state index contributed by atoms with van der Waals surface area (Å²) in [6.45, 7) is 2.45. The second-order valence-electron chi connectivity index (χ2n) is 6.43. The van der Waals surface area contributed by atoms with Crippen LogP contribution in [0.2, 0.25) is 0 Å². The molecule has 5 heteroatoms. The molecule has 0 saturated heterocycles. The van der Waals surface area contributed by atoms with E-state index in [4.69, 9.17) is 4.74 Å². The topological polar surface area (TPSA) is 67.4 Å². The van der Waals surface area contributed by atoms with E-state index in [1.807, 2.05) is 31.2 Å². The van der Waals surface area contributed by atoms with Gasteiger partial charge in [0, 0.05) is 12.2 Å². The Balaban J connectivity index is 1.59. The molecule has 0 atom stereocenters. The molecule has 25 heavy (non-hydrogen) atoms. The maximum Gasteiger partial charge on any atom is 0.240 e. The third-order valence-corrected chi connectivity index (χ3v) is 4.54. The van der Waals surface area contributed by atoms with E-state index in [1.54, 1.807) is 31.4 Å². The van der Waals surface area contributed by atoms with Gasteiger partial charge in [-0.3, -0.25) is 9.59 Å². The average molecular weight is 338 g/mol. The van der Waals surface area contributed by atoms with Crippen molar-refractivity contribution in [3.05, 3.63) is 59.7 Å². The lowest BCUT2D eigenvalue weighted by molar-refractivity contribution is -0.134. The quantitative estimate of drug-likeness (QED) is 0.796. The Morgan fingerprint density at radius 3 is 2.20 bits per heavy atom. The molecule has 2 amide bonds. The summed E-state index contributed by atoms with van der Waals surface area (Å²) in [5.74, 6) is 0.258. The van der Waals surface area contributed by atoms with Gasteiger partial charge in [0.15, 0.2) is 0 Å². The number of aryl methyl sites for hydroxylation is 1. The largest absolute Gasteiger partial charge is 0.497 e. The lowest BCUT2D eigenvalue weighted by atomic mass is 10.0. The van der Waals surface area contributed by atoms with E-state index in [-0.39, 0.29) is 11.8 Å². The van der Waals surface area contributed by atoms with Crippen LogP contribution in [0.3, 0.4) is 0 Å². The third-order valence-electron chi connectivity index (χ3n) is 4.54. The second kappa shape index (κ2) is 6.97. The molecule has 0 unspecified atom stereocenters. The second-order valence-corrected chi connectivity index (χ2v) is 6.43. The number of benzene rings is 2. The van der Waals surface area contributed by atoms with Gasteiger partial charge in [0.2, 0.25) is 11.8 Å². The summed E-state index contributed by atoms with van der Waals surface area (Å²) in [5, 5.41) is 5.71. The molecule has 1 aliphatic rings. The third kappa shape index (κ3) is 3.82. The van der Waals surface area contributed by atoms with Crippen molar-refractivity contribution >= 4 is 17.5 Å². The number of carbonyl (C=O) groups excluding carboxylic acids is 2. The van der Waals surface area contributed by atoms with Gasteiger partial charge in [0.25, 0.3) is 0 Å². The Bertz CT molecular complexity index is 763. The van der Waals surface area contributed by atoms with Crippen molar-refractivity contribution in [2.45, 2.75) is 26.3 Å². The zero-order chi connectivity index (χ0) is 17.9. The van der Waals surface area contributed by atoms with Crippen molar-refractivity contribution in [1.82, 2.24) is 5.32 Å². The van der Waals surface area contributed by atoms with E-state index in [9.17, 15) is 9.59 Å². The van der Waals surface area contributed by atoms with Crippen LogP contribution in [-0.4, -0.2) is 18.9 Å². The summed E-state index contributed by atoms with van der Waals surface area (Å²) in [7, 11) is 1.59. The van der Waals surface area contributed by atoms with Gasteiger partial charge in [-0.05, 0) is 49.6 Å². The Labute approximate surface area is 147 Å².